The fraction of sp³-hybridized carbons (Fsp3) is 0.450. The molecule has 2 amide bonds. The molecule has 0 aliphatic heterocycles. The number of aromatic nitrogens is 2. The van der Waals surface area contributed by atoms with Crippen molar-refractivity contribution in [3.05, 3.63) is 60.2 Å². The number of carbonyl (C=O) groups excluding carboxylic acids is 1. The van der Waals surface area contributed by atoms with E-state index in [1.165, 1.54) is 19.3 Å². The summed E-state index contributed by atoms with van der Waals surface area (Å²) in [5.74, 6) is 0. The number of hydrogen-bond acceptors (Lipinski definition) is 3. The van der Waals surface area contributed by atoms with E-state index in [1.54, 1.807) is 12.4 Å². The predicted octanol–water partition coefficient (Wildman–Crippen LogP) is 3.56. The molecule has 0 bridgehead atoms. The van der Waals surface area contributed by atoms with Crippen molar-refractivity contribution in [3.63, 3.8) is 0 Å². The number of amides is 2. The van der Waals surface area contributed by atoms with Crippen molar-refractivity contribution in [2.45, 2.75) is 51.1 Å². The first kappa shape index (κ1) is 17.4. The van der Waals surface area contributed by atoms with Crippen molar-refractivity contribution < 1.29 is 4.79 Å². The first-order valence-corrected chi connectivity index (χ1v) is 9.17. The van der Waals surface area contributed by atoms with Crippen LogP contribution < -0.4 is 5.32 Å². The maximum atomic E-state index is 12.8. The molecule has 1 aliphatic rings. The van der Waals surface area contributed by atoms with E-state index in [1.807, 2.05) is 41.3 Å². The topological polar surface area (TPSA) is 58.1 Å². The van der Waals surface area contributed by atoms with Gasteiger partial charge < -0.3 is 10.2 Å². The molecule has 1 fully saturated rings. The Morgan fingerprint density at radius 1 is 1.00 bits per heavy atom. The number of nitrogens with zero attached hydrogens (tertiary/aromatic N) is 3. The van der Waals surface area contributed by atoms with E-state index >= 15 is 0 Å². The SMILES string of the molecule is O=C(NCCc1ccccn1)N(Cc1ccccn1)C1CCCCC1. The minimum atomic E-state index is 0.00786. The third-order valence-electron chi connectivity index (χ3n) is 4.72. The lowest BCUT2D eigenvalue weighted by Crippen LogP contribution is -2.47. The van der Waals surface area contributed by atoms with Gasteiger partial charge in [-0.05, 0) is 37.1 Å². The highest BCUT2D eigenvalue weighted by atomic mass is 16.2. The summed E-state index contributed by atoms with van der Waals surface area (Å²) in [5.41, 5.74) is 1.93. The van der Waals surface area contributed by atoms with Gasteiger partial charge >= 0.3 is 6.03 Å². The number of pyridine rings is 2. The summed E-state index contributed by atoms with van der Waals surface area (Å²) < 4.78 is 0. The van der Waals surface area contributed by atoms with Crippen LogP contribution in [0.25, 0.3) is 0 Å². The van der Waals surface area contributed by atoms with E-state index in [2.05, 4.69) is 15.3 Å². The van der Waals surface area contributed by atoms with E-state index in [-0.39, 0.29) is 6.03 Å². The smallest absolute Gasteiger partial charge is 0.318 e. The molecule has 0 unspecified atom stereocenters. The van der Waals surface area contributed by atoms with Gasteiger partial charge in [-0.1, -0.05) is 31.4 Å². The largest absolute Gasteiger partial charge is 0.338 e. The Labute approximate surface area is 149 Å². The van der Waals surface area contributed by atoms with Gasteiger partial charge in [0.25, 0.3) is 0 Å². The molecule has 1 aliphatic carbocycles. The van der Waals surface area contributed by atoms with Crippen molar-refractivity contribution in [3.8, 4) is 0 Å². The molecule has 1 saturated carbocycles. The lowest BCUT2D eigenvalue weighted by atomic mass is 9.94. The molecular formula is C20H26N4O. The number of hydrogen-bond donors (Lipinski definition) is 1. The Bertz CT molecular complexity index is 641. The van der Waals surface area contributed by atoms with Gasteiger partial charge in [0, 0.05) is 37.1 Å². The van der Waals surface area contributed by atoms with Crippen molar-refractivity contribution in [1.82, 2.24) is 20.2 Å². The molecule has 2 aromatic rings. The summed E-state index contributed by atoms with van der Waals surface area (Å²) in [6.07, 6.45) is 10.2. The second-order valence-corrected chi connectivity index (χ2v) is 6.54. The zero-order valence-electron chi connectivity index (χ0n) is 14.6. The predicted molar refractivity (Wildman–Crippen MR) is 98.0 cm³/mol. The van der Waals surface area contributed by atoms with Crippen LogP contribution in [-0.2, 0) is 13.0 Å². The fourth-order valence-corrected chi connectivity index (χ4v) is 3.37. The Morgan fingerprint density at radius 3 is 2.32 bits per heavy atom. The number of carbonyl (C=O) groups is 1. The van der Waals surface area contributed by atoms with Crippen molar-refractivity contribution in [1.29, 1.82) is 0 Å². The Kier molecular flexibility index (Phi) is 6.37. The average molecular weight is 338 g/mol. The van der Waals surface area contributed by atoms with E-state index in [4.69, 9.17) is 0 Å². The van der Waals surface area contributed by atoms with Gasteiger partial charge in [-0.15, -0.1) is 0 Å². The Morgan fingerprint density at radius 2 is 1.68 bits per heavy atom. The van der Waals surface area contributed by atoms with Gasteiger partial charge in [-0.3, -0.25) is 9.97 Å². The molecule has 132 valence electrons. The van der Waals surface area contributed by atoms with Crippen LogP contribution in [0.3, 0.4) is 0 Å². The zero-order valence-corrected chi connectivity index (χ0v) is 14.6. The van der Waals surface area contributed by atoms with Gasteiger partial charge in [-0.25, -0.2) is 4.79 Å². The Balaban J connectivity index is 1.60. The summed E-state index contributed by atoms with van der Waals surface area (Å²) in [6, 6.07) is 12.0. The second-order valence-electron chi connectivity index (χ2n) is 6.54. The zero-order chi connectivity index (χ0) is 17.3. The number of urea groups is 1. The van der Waals surface area contributed by atoms with Crippen LogP contribution in [0.5, 0.6) is 0 Å². The lowest BCUT2D eigenvalue weighted by molar-refractivity contribution is 0.150. The maximum Gasteiger partial charge on any atom is 0.318 e. The lowest BCUT2D eigenvalue weighted by Gasteiger charge is -2.34. The molecule has 2 heterocycles. The maximum absolute atomic E-state index is 12.8. The van der Waals surface area contributed by atoms with Gasteiger partial charge in [0.15, 0.2) is 0 Å². The summed E-state index contributed by atoms with van der Waals surface area (Å²) in [4.78, 5) is 23.5. The van der Waals surface area contributed by atoms with Crippen LogP contribution in [0.15, 0.2) is 48.8 Å². The molecule has 0 atom stereocenters. The molecule has 0 radical (unpaired) electrons. The molecule has 0 aromatic carbocycles. The summed E-state index contributed by atoms with van der Waals surface area (Å²) in [7, 11) is 0. The Hall–Kier alpha value is -2.43. The quantitative estimate of drug-likeness (QED) is 0.876. The number of rotatable bonds is 6. The van der Waals surface area contributed by atoms with Crippen LogP contribution in [0, 0.1) is 0 Å². The van der Waals surface area contributed by atoms with E-state index in [0.29, 0.717) is 19.1 Å². The van der Waals surface area contributed by atoms with Crippen molar-refractivity contribution in [2.75, 3.05) is 6.54 Å². The molecular weight excluding hydrogens is 312 g/mol. The van der Waals surface area contributed by atoms with Gasteiger partial charge in [0.1, 0.15) is 0 Å². The van der Waals surface area contributed by atoms with Crippen LogP contribution in [0.2, 0.25) is 0 Å². The first-order chi connectivity index (χ1) is 12.3. The first-order valence-electron chi connectivity index (χ1n) is 9.17. The molecule has 25 heavy (non-hydrogen) atoms. The molecule has 5 nitrogen and oxygen atoms in total. The molecule has 3 rings (SSSR count). The highest BCUT2D eigenvalue weighted by Gasteiger charge is 2.25. The van der Waals surface area contributed by atoms with E-state index in [0.717, 1.165) is 30.7 Å². The van der Waals surface area contributed by atoms with Crippen molar-refractivity contribution >= 4 is 6.03 Å². The highest BCUT2D eigenvalue weighted by Crippen LogP contribution is 2.24. The van der Waals surface area contributed by atoms with Gasteiger partial charge in [0.05, 0.1) is 12.2 Å². The summed E-state index contributed by atoms with van der Waals surface area (Å²) >= 11 is 0. The van der Waals surface area contributed by atoms with Crippen LogP contribution in [0.4, 0.5) is 4.79 Å². The van der Waals surface area contributed by atoms with Gasteiger partial charge in [0.2, 0.25) is 0 Å². The molecule has 0 saturated heterocycles. The summed E-state index contributed by atoms with van der Waals surface area (Å²) in [6.45, 7) is 1.17. The van der Waals surface area contributed by atoms with Crippen molar-refractivity contribution in [2.24, 2.45) is 0 Å². The minimum Gasteiger partial charge on any atom is -0.338 e. The summed E-state index contributed by atoms with van der Waals surface area (Å²) in [5, 5.41) is 3.07. The van der Waals surface area contributed by atoms with Crippen LogP contribution in [-0.4, -0.2) is 33.5 Å². The van der Waals surface area contributed by atoms with E-state index in [9.17, 15) is 4.79 Å². The molecule has 5 heteroatoms. The molecule has 1 N–H and O–H groups in total. The average Bonchev–Trinajstić information content (AvgIpc) is 2.68. The standard InChI is InChI=1S/C20H26N4O/c25-20(23-15-12-17-8-4-6-13-21-17)24(19-10-2-1-3-11-19)16-18-9-5-7-14-22-18/h4-9,13-14,19H,1-3,10-12,15-16H2,(H,23,25). The van der Waals surface area contributed by atoms with E-state index < -0.39 is 0 Å². The highest BCUT2D eigenvalue weighted by molar-refractivity contribution is 5.74. The normalized spacial score (nSPS) is 14.9. The number of nitrogens with one attached hydrogen (secondary N) is 1. The van der Waals surface area contributed by atoms with Crippen LogP contribution in [0.1, 0.15) is 43.5 Å². The van der Waals surface area contributed by atoms with Crippen LogP contribution >= 0.6 is 0 Å². The minimum absolute atomic E-state index is 0.00786. The second kappa shape index (κ2) is 9.16. The third-order valence-corrected chi connectivity index (χ3v) is 4.72. The monoisotopic (exact) mass is 338 g/mol. The third kappa shape index (κ3) is 5.28. The van der Waals surface area contributed by atoms with Gasteiger partial charge in [-0.2, -0.15) is 0 Å². The fourth-order valence-electron chi connectivity index (χ4n) is 3.37. The molecule has 0 spiro atoms. The molecule has 2 aromatic heterocycles.